The number of nitrogens with one attached hydrogen (secondary N) is 1. The summed E-state index contributed by atoms with van der Waals surface area (Å²) < 4.78 is 0. The SMILES string of the molecule is CC(O)C1C(=O)N2C(C(=O)[O-])=C(SC3CNC(C(=O)N(C)C)C3)C(C)C12. The van der Waals surface area contributed by atoms with E-state index in [-0.39, 0.29) is 40.8 Å². The molecule has 6 atom stereocenters. The Labute approximate surface area is 156 Å². The van der Waals surface area contributed by atoms with E-state index in [1.807, 2.05) is 6.92 Å². The summed E-state index contributed by atoms with van der Waals surface area (Å²) in [6.07, 6.45) is -0.231. The van der Waals surface area contributed by atoms with Crippen LogP contribution in [0, 0.1) is 11.8 Å². The summed E-state index contributed by atoms with van der Waals surface area (Å²) in [5.74, 6) is -2.51. The van der Waals surface area contributed by atoms with Crippen molar-refractivity contribution in [3.8, 4) is 0 Å². The number of carboxylic acid groups (broad SMARTS) is 1. The Morgan fingerprint density at radius 1 is 1.42 bits per heavy atom. The van der Waals surface area contributed by atoms with Gasteiger partial charge in [-0.2, -0.15) is 0 Å². The first-order valence-corrected chi connectivity index (χ1v) is 9.61. The van der Waals surface area contributed by atoms with Crippen molar-refractivity contribution in [2.24, 2.45) is 11.8 Å². The highest BCUT2D eigenvalue weighted by molar-refractivity contribution is 8.03. The summed E-state index contributed by atoms with van der Waals surface area (Å²) in [6.45, 7) is 4.02. The van der Waals surface area contributed by atoms with Gasteiger partial charge in [-0.1, -0.05) is 6.92 Å². The lowest BCUT2D eigenvalue weighted by atomic mass is 9.79. The van der Waals surface area contributed by atoms with Gasteiger partial charge in [-0.3, -0.25) is 9.59 Å². The number of carboxylic acids is 1. The van der Waals surface area contributed by atoms with Gasteiger partial charge in [0.1, 0.15) is 0 Å². The molecule has 2 saturated heterocycles. The Kier molecular flexibility index (Phi) is 5.06. The molecular formula is C17H24N3O5S-. The first kappa shape index (κ1) is 19.2. The fourth-order valence-corrected chi connectivity index (χ4v) is 5.62. The number of hydrogen-bond acceptors (Lipinski definition) is 7. The van der Waals surface area contributed by atoms with Crippen LogP contribution in [-0.4, -0.2) is 76.8 Å². The van der Waals surface area contributed by atoms with Crippen LogP contribution < -0.4 is 10.4 Å². The molecule has 144 valence electrons. The van der Waals surface area contributed by atoms with Crippen molar-refractivity contribution in [1.29, 1.82) is 0 Å². The van der Waals surface area contributed by atoms with E-state index in [0.29, 0.717) is 17.9 Å². The highest BCUT2D eigenvalue weighted by atomic mass is 32.2. The van der Waals surface area contributed by atoms with E-state index in [4.69, 9.17) is 0 Å². The number of thioether (sulfide) groups is 1. The number of carbonyl (C=O) groups excluding carboxylic acids is 3. The predicted molar refractivity (Wildman–Crippen MR) is 93.5 cm³/mol. The van der Waals surface area contributed by atoms with Gasteiger partial charge in [-0.25, -0.2) is 0 Å². The third kappa shape index (κ3) is 2.91. The van der Waals surface area contributed by atoms with Crippen molar-refractivity contribution in [3.63, 3.8) is 0 Å². The first-order valence-electron chi connectivity index (χ1n) is 8.73. The van der Waals surface area contributed by atoms with E-state index in [1.165, 1.54) is 21.6 Å². The van der Waals surface area contributed by atoms with Gasteiger partial charge in [0.25, 0.3) is 0 Å². The Bertz CT molecular complexity index is 677. The minimum Gasteiger partial charge on any atom is -0.543 e. The first-order chi connectivity index (χ1) is 12.1. The number of likely N-dealkylation sites (N-methyl/N-ethyl adjacent to an activating group) is 1. The third-order valence-corrected chi connectivity index (χ3v) is 6.94. The molecule has 0 bridgehead atoms. The molecule has 0 aromatic rings. The van der Waals surface area contributed by atoms with Crippen LogP contribution >= 0.6 is 11.8 Å². The molecule has 0 aromatic heterocycles. The molecular weight excluding hydrogens is 358 g/mol. The number of aliphatic hydroxyl groups is 1. The van der Waals surface area contributed by atoms with Crippen LogP contribution in [-0.2, 0) is 14.4 Å². The fourth-order valence-electron chi connectivity index (χ4n) is 4.14. The molecule has 0 aliphatic carbocycles. The maximum atomic E-state index is 12.3. The zero-order valence-electron chi connectivity index (χ0n) is 15.3. The summed E-state index contributed by atoms with van der Waals surface area (Å²) in [6, 6.07) is -0.624. The van der Waals surface area contributed by atoms with E-state index < -0.39 is 18.0 Å². The van der Waals surface area contributed by atoms with Gasteiger partial charge >= 0.3 is 0 Å². The number of rotatable bonds is 5. The molecule has 3 heterocycles. The Hall–Kier alpha value is -1.58. The lowest BCUT2D eigenvalue weighted by Gasteiger charge is -2.47. The Balaban J connectivity index is 1.78. The van der Waals surface area contributed by atoms with Crippen molar-refractivity contribution in [2.75, 3.05) is 20.6 Å². The average Bonchev–Trinajstić information content (AvgIpc) is 3.09. The van der Waals surface area contributed by atoms with Crippen molar-refractivity contribution in [3.05, 3.63) is 10.6 Å². The summed E-state index contributed by atoms with van der Waals surface area (Å²) in [5, 5.41) is 24.8. The van der Waals surface area contributed by atoms with Gasteiger partial charge in [0, 0.05) is 36.7 Å². The monoisotopic (exact) mass is 382 g/mol. The second kappa shape index (κ2) is 6.86. The van der Waals surface area contributed by atoms with Gasteiger partial charge in [0.15, 0.2) is 0 Å². The van der Waals surface area contributed by atoms with Gasteiger partial charge in [0.05, 0.1) is 35.8 Å². The minimum absolute atomic E-state index is 0.00478. The van der Waals surface area contributed by atoms with E-state index >= 15 is 0 Å². The van der Waals surface area contributed by atoms with E-state index in [2.05, 4.69) is 5.32 Å². The lowest BCUT2D eigenvalue weighted by Crippen LogP contribution is -2.64. The molecule has 2 fully saturated rings. The molecule has 3 rings (SSSR count). The molecule has 8 nitrogen and oxygen atoms in total. The molecule has 0 spiro atoms. The van der Waals surface area contributed by atoms with Crippen molar-refractivity contribution in [2.45, 2.75) is 43.7 Å². The normalized spacial score (nSPS) is 34.6. The minimum atomic E-state index is -1.37. The number of nitrogens with zero attached hydrogens (tertiary/aromatic N) is 2. The van der Waals surface area contributed by atoms with E-state index in [0.717, 1.165) is 0 Å². The molecule has 6 unspecified atom stereocenters. The number of fused-ring (bicyclic) bond motifs is 1. The van der Waals surface area contributed by atoms with Crippen LogP contribution in [0.4, 0.5) is 0 Å². The summed E-state index contributed by atoms with van der Waals surface area (Å²) in [4.78, 5) is 39.5. The van der Waals surface area contributed by atoms with Crippen molar-refractivity contribution in [1.82, 2.24) is 15.1 Å². The second-order valence-electron chi connectivity index (χ2n) is 7.42. The zero-order valence-corrected chi connectivity index (χ0v) is 16.1. The largest absolute Gasteiger partial charge is 0.543 e. The van der Waals surface area contributed by atoms with Crippen LogP contribution in [0.25, 0.3) is 0 Å². The van der Waals surface area contributed by atoms with Crippen LogP contribution in [0.2, 0.25) is 0 Å². The van der Waals surface area contributed by atoms with Gasteiger partial charge in [0.2, 0.25) is 11.8 Å². The number of β-lactam (4-membered cyclic amide) rings is 1. The van der Waals surface area contributed by atoms with Gasteiger partial charge in [-0.15, -0.1) is 11.8 Å². The van der Waals surface area contributed by atoms with Crippen LogP contribution in [0.3, 0.4) is 0 Å². The molecule has 2 amide bonds. The molecule has 0 radical (unpaired) electrons. The van der Waals surface area contributed by atoms with E-state index in [9.17, 15) is 24.6 Å². The maximum Gasteiger partial charge on any atom is 0.239 e. The number of carbonyl (C=O) groups is 3. The summed E-state index contributed by atoms with van der Waals surface area (Å²) >= 11 is 1.41. The molecule has 2 N–H and O–H groups in total. The number of aliphatic carboxylic acids is 1. The molecule has 0 saturated carbocycles. The molecule has 26 heavy (non-hydrogen) atoms. The number of aliphatic hydroxyl groups excluding tert-OH is 1. The van der Waals surface area contributed by atoms with Crippen LogP contribution in [0.1, 0.15) is 20.3 Å². The van der Waals surface area contributed by atoms with E-state index in [1.54, 1.807) is 21.0 Å². The number of amides is 2. The molecule has 9 heteroatoms. The van der Waals surface area contributed by atoms with Crippen molar-refractivity contribution < 1.29 is 24.6 Å². The van der Waals surface area contributed by atoms with Crippen LogP contribution in [0.15, 0.2) is 10.6 Å². The average molecular weight is 382 g/mol. The number of hydrogen-bond donors (Lipinski definition) is 2. The Morgan fingerprint density at radius 3 is 2.62 bits per heavy atom. The maximum absolute atomic E-state index is 12.3. The Morgan fingerprint density at radius 2 is 2.08 bits per heavy atom. The predicted octanol–water partition coefficient (Wildman–Crippen LogP) is -1.64. The van der Waals surface area contributed by atoms with Crippen molar-refractivity contribution >= 4 is 29.5 Å². The van der Waals surface area contributed by atoms with Gasteiger partial charge < -0.3 is 30.1 Å². The van der Waals surface area contributed by atoms with Gasteiger partial charge in [-0.05, 0) is 13.3 Å². The summed E-state index contributed by atoms with van der Waals surface area (Å²) in [7, 11) is 3.40. The molecule has 3 aliphatic rings. The third-order valence-electron chi connectivity index (χ3n) is 5.42. The quantitative estimate of drug-likeness (QED) is 0.548. The second-order valence-corrected chi connectivity index (χ2v) is 8.77. The summed E-state index contributed by atoms with van der Waals surface area (Å²) in [5.41, 5.74) is -0.0724. The smallest absolute Gasteiger partial charge is 0.239 e. The fraction of sp³-hybridized carbons (Fsp3) is 0.706. The lowest BCUT2D eigenvalue weighted by molar-refractivity contribution is -0.301. The topological polar surface area (TPSA) is 113 Å². The molecule has 0 aromatic carbocycles. The zero-order chi connectivity index (χ0) is 19.3. The van der Waals surface area contributed by atoms with Crippen LogP contribution in [0.5, 0.6) is 0 Å². The highest BCUT2D eigenvalue weighted by Crippen LogP contribution is 2.51. The molecule has 3 aliphatic heterocycles. The standard InChI is InChI=1S/C17H25N3O5S/c1-7-12-11(8(2)21)16(23)20(12)13(17(24)25)14(7)26-9-5-10(18-6-9)15(22)19(3)4/h7-12,18,21H,5-6H2,1-4H3,(H,24,25)/p-1. The highest BCUT2D eigenvalue weighted by Gasteiger charge is 2.59.